The van der Waals surface area contributed by atoms with Crippen LogP contribution < -0.4 is 14.8 Å². The van der Waals surface area contributed by atoms with E-state index in [-0.39, 0.29) is 18.2 Å². The zero-order valence-electron chi connectivity index (χ0n) is 15.1. The summed E-state index contributed by atoms with van der Waals surface area (Å²) >= 11 is 0. The van der Waals surface area contributed by atoms with Crippen molar-refractivity contribution in [2.45, 2.75) is 39.7 Å². The molecule has 3 rings (SSSR count). The summed E-state index contributed by atoms with van der Waals surface area (Å²) in [5.74, 6) is 2.48. The first-order valence-electron chi connectivity index (χ1n) is 8.78. The van der Waals surface area contributed by atoms with Crippen LogP contribution in [0.4, 0.5) is 0 Å². The average Bonchev–Trinajstić information content (AvgIpc) is 3.00. The van der Waals surface area contributed by atoms with E-state index in [4.69, 9.17) is 9.47 Å². The molecule has 1 saturated heterocycles. The summed E-state index contributed by atoms with van der Waals surface area (Å²) in [7, 11) is 0. The summed E-state index contributed by atoms with van der Waals surface area (Å²) in [4.78, 5) is 15.1. The predicted molar refractivity (Wildman–Crippen MR) is 93.5 cm³/mol. The molecule has 5 heteroatoms. The summed E-state index contributed by atoms with van der Waals surface area (Å²) < 4.78 is 10.8. The van der Waals surface area contributed by atoms with Crippen LogP contribution in [0, 0.1) is 11.8 Å². The van der Waals surface area contributed by atoms with Crippen LogP contribution in [0.15, 0.2) is 18.2 Å². The highest BCUT2D eigenvalue weighted by atomic mass is 16.7. The van der Waals surface area contributed by atoms with Crippen molar-refractivity contribution >= 4 is 5.91 Å². The molecule has 0 aromatic heterocycles. The fraction of sp³-hybridized carbons (Fsp3) is 0.632. The lowest BCUT2D eigenvalue weighted by Crippen LogP contribution is -2.56. The van der Waals surface area contributed by atoms with Crippen LogP contribution >= 0.6 is 0 Å². The molecule has 1 N–H and O–H groups in total. The van der Waals surface area contributed by atoms with Crippen molar-refractivity contribution < 1.29 is 14.3 Å². The van der Waals surface area contributed by atoms with Crippen molar-refractivity contribution in [3.63, 3.8) is 0 Å². The Balaban J connectivity index is 1.64. The van der Waals surface area contributed by atoms with Gasteiger partial charge in [0.1, 0.15) is 0 Å². The van der Waals surface area contributed by atoms with Crippen LogP contribution in [-0.4, -0.2) is 42.8 Å². The highest BCUT2D eigenvalue weighted by Gasteiger charge is 2.33. The van der Waals surface area contributed by atoms with Gasteiger partial charge in [-0.3, -0.25) is 9.69 Å². The molecule has 0 bridgehead atoms. The van der Waals surface area contributed by atoms with E-state index in [0.29, 0.717) is 35.4 Å². The van der Waals surface area contributed by atoms with E-state index in [1.54, 1.807) is 6.07 Å². The molecule has 0 radical (unpaired) electrons. The highest BCUT2D eigenvalue weighted by molar-refractivity contribution is 5.98. The molecule has 24 heavy (non-hydrogen) atoms. The molecule has 132 valence electrons. The Labute approximate surface area is 144 Å². The van der Waals surface area contributed by atoms with Gasteiger partial charge in [0.05, 0.1) is 5.56 Å². The van der Waals surface area contributed by atoms with Gasteiger partial charge >= 0.3 is 0 Å². The zero-order valence-corrected chi connectivity index (χ0v) is 15.1. The summed E-state index contributed by atoms with van der Waals surface area (Å²) in [6.45, 7) is 12.0. The monoisotopic (exact) mass is 332 g/mol. The maximum atomic E-state index is 12.6. The van der Waals surface area contributed by atoms with Gasteiger partial charge in [-0.15, -0.1) is 0 Å². The molecule has 0 aliphatic carbocycles. The second-order valence-electron chi connectivity index (χ2n) is 7.89. The summed E-state index contributed by atoms with van der Waals surface area (Å²) in [6.07, 6.45) is 1.28. The normalized spacial score (nSPS) is 24.0. The van der Waals surface area contributed by atoms with Gasteiger partial charge < -0.3 is 14.8 Å². The molecular weight excluding hydrogens is 304 g/mol. The number of hydrogen-bond donors (Lipinski definition) is 1. The van der Waals surface area contributed by atoms with E-state index >= 15 is 0 Å². The lowest BCUT2D eigenvalue weighted by molar-refractivity contribution is 0.0444. The van der Waals surface area contributed by atoms with Crippen LogP contribution in [-0.2, 0) is 0 Å². The minimum Gasteiger partial charge on any atom is -0.454 e. The van der Waals surface area contributed by atoms with Crippen LogP contribution in [0.2, 0.25) is 0 Å². The third kappa shape index (κ3) is 3.51. The molecule has 2 aliphatic heterocycles. The van der Waals surface area contributed by atoms with E-state index < -0.39 is 0 Å². The number of para-hydroxylation sites is 1. The Morgan fingerprint density at radius 2 is 1.96 bits per heavy atom. The van der Waals surface area contributed by atoms with E-state index in [1.807, 2.05) is 12.1 Å². The predicted octanol–water partition coefficient (Wildman–Crippen LogP) is 2.90. The van der Waals surface area contributed by atoms with Crippen molar-refractivity contribution in [2.24, 2.45) is 11.8 Å². The molecule has 2 aliphatic rings. The Bertz CT molecular complexity index is 605. The Morgan fingerprint density at radius 3 is 2.67 bits per heavy atom. The topological polar surface area (TPSA) is 50.8 Å². The number of nitrogens with zero attached hydrogens (tertiary/aromatic N) is 1. The number of likely N-dealkylation sites (tertiary alicyclic amines) is 1. The molecule has 0 spiro atoms. The first kappa shape index (κ1) is 17.1. The van der Waals surface area contributed by atoms with Gasteiger partial charge in [-0.05, 0) is 44.2 Å². The number of nitrogens with one attached hydrogen (secondary N) is 1. The second kappa shape index (κ2) is 6.63. The molecule has 0 saturated carbocycles. The van der Waals surface area contributed by atoms with Crippen molar-refractivity contribution in [1.29, 1.82) is 0 Å². The largest absolute Gasteiger partial charge is 0.454 e. The molecule has 1 aromatic rings. The third-order valence-electron chi connectivity index (χ3n) is 5.05. The van der Waals surface area contributed by atoms with Gasteiger partial charge in [-0.1, -0.05) is 19.9 Å². The number of hydrogen-bond acceptors (Lipinski definition) is 4. The maximum Gasteiger partial charge on any atom is 0.255 e. The molecule has 2 atom stereocenters. The molecule has 1 amide bonds. The lowest BCUT2D eigenvalue weighted by Gasteiger charge is -2.45. The van der Waals surface area contributed by atoms with Gasteiger partial charge in [0, 0.05) is 25.2 Å². The van der Waals surface area contributed by atoms with E-state index in [0.717, 1.165) is 13.1 Å². The van der Waals surface area contributed by atoms with Crippen LogP contribution in [0.25, 0.3) is 0 Å². The Hall–Kier alpha value is -1.75. The number of benzene rings is 1. The lowest BCUT2D eigenvalue weighted by atomic mass is 9.88. The second-order valence-corrected chi connectivity index (χ2v) is 7.89. The van der Waals surface area contributed by atoms with Crippen LogP contribution in [0.3, 0.4) is 0 Å². The first-order valence-corrected chi connectivity index (χ1v) is 8.78. The van der Waals surface area contributed by atoms with Gasteiger partial charge in [0.15, 0.2) is 11.5 Å². The van der Waals surface area contributed by atoms with E-state index in [1.165, 1.54) is 6.42 Å². The standard InChI is InChI=1S/C19H28N2O3/c1-13-8-14(2)10-21(9-13)19(3,4)11-20-18(22)15-6-5-7-16-17(15)24-12-23-16/h5-7,13-14H,8-12H2,1-4H3,(H,20,22). The Morgan fingerprint density at radius 1 is 1.25 bits per heavy atom. The van der Waals surface area contributed by atoms with Crippen LogP contribution in [0.5, 0.6) is 11.5 Å². The first-order chi connectivity index (χ1) is 11.4. The number of amides is 1. The molecule has 2 heterocycles. The van der Waals surface area contributed by atoms with Gasteiger partial charge in [0.2, 0.25) is 6.79 Å². The number of fused-ring (bicyclic) bond motifs is 1. The van der Waals surface area contributed by atoms with Crippen LogP contribution in [0.1, 0.15) is 44.5 Å². The summed E-state index contributed by atoms with van der Waals surface area (Å²) in [5, 5.41) is 3.08. The fourth-order valence-electron chi connectivity index (χ4n) is 3.77. The Kier molecular flexibility index (Phi) is 4.72. The molecule has 2 unspecified atom stereocenters. The number of carbonyl (C=O) groups excluding carboxylic acids is 1. The van der Waals surface area contributed by atoms with Crippen molar-refractivity contribution in [1.82, 2.24) is 10.2 Å². The smallest absolute Gasteiger partial charge is 0.255 e. The quantitative estimate of drug-likeness (QED) is 0.921. The number of carbonyl (C=O) groups is 1. The highest BCUT2D eigenvalue weighted by Crippen LogP contribution is 2.35. The number of ether oxygens (including phenoxy) is 2. The number of piperidine rings is 1. The van der Waals surface area contributed by atoms with Gasteiger partial charge in [-0.2, -0.15) is 0 Å². The minimum absolute atomic E-state index is 0.0755. The molecule has 5 nitrogen and oxygen atoms in total. The fourth-order valence-corrected chi connectivity index (χ4v) is 3.77. The molecular formula is C19H28N2O3. The van der Waals surface area contributed by atoms with E-state index in [2.05, 4.69) is 37.9 Å². The summed E-state index contributed by atoms with van der Waals surface area (Å²) in [6, 6.07) is 5.42. The SMILES string of the molecule is CC1CC(C)CN(C(C)(C)CNC(=O)c2cccc3c2OCO3)C1. The zero-order chi connectivity index (χ0) is 17.3. The van der Waals surface area contributed by atoms with Crippen molar-refractivity contribution in [3.8, 4) is 11.5 Å². The molecule has 1 fully saturated rings. The minimum atomic E-state index is -0.108. The van der Waals surface area contributed by atoms with Gasteiger partial charge in [0.25, 0.3) is 5.91 Å². The number of rotatable bonds is 4. The average molecular weight is 332 g/mol. The summed E-state index contributed by atoms with van der Waals surface area (Å²) in [5.41, 5.74) is 0.467. The third-order valence-corrected chi connectivity index (χ3v) is 5.05. The molecule has 1 aromatic carbocycles. The maximum absolute atomic E-state index is 12.6. The van der Waals surface area contributed by atoms with Crippen molar-refractivity contribution in [3.05, 3.63) is 23.8 Å². The van der Waals surface area contributed by atoms with Crippen molar-refractivity contribution in [2.75, 3.05) is 26.4 Å². The van der Waals surface area contributed by atoms with Gasteiger partial charge in [-0.25, -0.2) is 0 Å². The van der Waals surface area contributed by atoms with E-state index in [9.17, 15) is 4.79 Å².